The van der Waals surface area contributed by atoms with Gasteiger partial charge in [0.1, 0.15) is 0 Å². The van der Waals surface area contributed by atoms with E-state index in [1.165, 1.54) is 29.7 Å². The lowest BCUT2D eigenvalue weighted by Gasteiger charge is -2.24. The molecule has 2 aromatic carbocycles. The highest BCUT2D eigenvalue weighted by Gasteiger charge is 2.12. The van der Waals surface area contributed by atoms with E-state index in [-0.39, 0.29) is 0 Å². The minimum atomic E-state index is 0.622. The van der Waals surface area contributed by atoms with E-state index < -0.39 is 0 Å². The summed E-state index contributed by atoms with van der Waals surface area (Å²) < 4.78 is 0. The van der Waals surface area contributed by atoms with E-state index in [0.29, 0.717) is 6.04 Å². The first-order valence-electron chi connectivity index (χ1n) is 7.50. The minimum absolute atomic E-state index is 0.622. The summed E-state index contributed by atoms with van der Waals surface area (Å²) in [7, 11) is 0. The Morgan fingerprint density at radius 1 is 0.850 bits per heavy atom. The SMILES string of the molecule is c1ccc(Cc2ccc(NC3CCNCC3)cc2)cc1. The van der Waals surface area contributed by atoms with Crippen LogP contribution < -0.4 is 10.6 Å². The van der Waals surface area contributed by atoms with Gasteiger partial charge in [-0.15, -0.1) is 0 Å². The third-order valence-corrected chi connectivity index (χ3v) is 3.91. The van der Waals surface area contributed by atoms with Crippen LogP contribution in [0, 0.1) is 0 Å². The van der Waals surface area contributed by atoms with Crippen LogP contribution in [-0.4, -0.2) is 19.1 Å². The van der Waals surface area contributed by atoms with Crippen molar-refractivity contribution in [3.8, 4) is 0 Å². The molecule has 1 heterocycles. The molecule has 20 heavy (non-hydrogen) atoms. The highest BCUT2D eigenvalue weighted by molar-refractivity contribution is 5.46. The van der Waals surface area contributed by atoms with Gasteiger partial charge in [-0.05, 0) is 55.6 Å². The second-order valence-electron chi connectivity index (χ2n) is 5.53. The summed E-state index contributed by atoms with van der Waals surface area (Å²) in [6.07, 6.45) is 3.44. The van der Waals surface area contributed by atoms with Gasteiger partial charge < -0.3 is 10.6 Å². The molecule has 1 fully saturated rings. The van der Waals surface area contributed by atoms with Crippen LogP contribution >= 0.6 is 0 Å². The number of rotatable bonds is 4. The fraction of sp³-hybridized carbons (Fsp3) is 0.333. The fourth-order valence-corrected chi connectivity index (χ4v) is 2.75. The highest BCUT2D eigenvalue weighted by atomic mass is 15.0. The second kappa shape index (κ2) is 6.58. The van der Waals surface area contributed by atoms with Gasteiger partial charge in [0, 0.05) is 11.7 Å². The molecule has 0 aliphatic carbocycles. The Morgan fingerprint density at radius 3 is 2.20 bits per heavy atom. The van der Waals surface area contributed by atoms with Crippen LogP contribution in [-0.2, 0) is 6.42 Å². The molecule has 0 spiro atoms. The Balaban J connectivity index is 1.59. The summed E-state index contributed by atoms with van der Waals surface area (Å²) in [6.45, 7) is 2.26. The summed E-state index contributed by atoms with van der Waals surface area (Å²) in [6, 6.07) is 20.1. The monoisotopic (exact) mass is 266 g/mol. The highest BCUT2D eigenvalue weighted by Crippen LogP contribution is 2.16. The Hall–Kier alpha value is -1.80. The van der Waals surface area contributed by atoms with Gasteiger partial charge in [0.2, 0.25) is 0 Å². The van der Waals surface area contributed by atoms with Crippen LogP contribution in [0.2, 0.25) is 0 Å². The number of hydrogen-bond donors (Lipinski definition) is 2. The molecule has 1 saturated heterocycles. The molecule has 2 N–H and O–H groups in total. The molecule has 0 aromatic heterocycles. The van der Waals surface area contributed by atoms with Gasteiger partial charge >= 0.3 is 0 Å². The topological polar surface area (TPSA) is 24.1 Å². The summed E-state index contributed by atoms with van der Waals surface area (Å²) in [5.41, 5.74) is 3.98. The normalized spacial score (nSPS) is 16.0. The van der Waals surface area contributed by atoms with Crippen molar-refractivity contribution >= 4 is 5.69 Å². The quantitative estimate of drug-likeness (QED) is 0.886. The Labute approximate surface area is 121 Å². The molecule has 3 rings (SSSR count). The van der Waals surface area contributed by atoms with Crippen molar-refractivity contribution in [1.82, 2.24) is 5.32 Å². The smallest absolute Gasteiger partial charge is 0.0342 e. The number of benzene rings is 2. The molecule has 0 radical (unpaired) electrons. The molecule has 2 nitrogen and oxygen atoms in total. The van der Waals surface area contributed by atoms with E-state index in [1.54, 1.807) is 0 Å². The maximum Gasteiger partial charge on any atom is 0.0342 e. The van der Waals surface area contributed by atoms with Gasteiger partial charge in [0.15, 0.2) is 0 Å². The van der Waals surface area contributed by atoms with E-state index in [0.717, 1.165) is 19.5 Å². The van der Waals surface area contributed by atoms with E-state index in [2.05, 4.69) is 65.2 Å². The largest absolute Gasteiger partial charge is 0.382 e. The van der Waals surface area contributed by atoms with Crippen molar-refractivity contribution in [2.45, 2.75) is 25.3 Å². The third kappa shape index (κ3) is 3.61. The van der Waals surface area contributed by atoms with Crippen molar-refractivity contribution in [2.24, 2.45) is 0 Å². The van der Waals surface area contributed by atoms with Gasteiger partial charge in [-0.25, -0.2) is 0 Å². The average Bonchev–Trinajstić information content (AvgIpc) is 2.51. The molecule has 104 valence electrons. The lowest BCUT2D eigenvalue weighted by atomic mass is 10.0. The Morgan fingerprint density at radius 2 is 1.50 bits per heavy atom. The Bertz CT molecular complexity index is 513. The lowest BCUT2D eigenvalue weighted by molar-refractivity contribution is 0.479. The first kappa shape index (κ1) is 13.2. The number of anilines is 1. The summed E-state index contributed by atoms with van der Waals surface area (Å²) >= 11 is 0. The van der Waals surface area contributed by atoms with Crippen LogP contribution in [0.4, 0.5) is 5.69 Å². The predicted molar refractivity (Wildman–Crippen MR) is 85.2 cm³/mol. The summed E-state index contributed by atoms with van der Waals surface area (Å²) in [4.78, 5) is 0. The molecule has 0 unspecified atom stereocenters. The average molecular weight is 266 g/mol. The number of piperidine rings is 1. The van der Waals surface area contributed by atoms with Gasteiger partial charge in [-0.3, -0.25) is 0 Å². The van der Waals surface area contributed by atoms with E-state index in [1.807, 2.05) is 0 Å². The van der Waals surface area contributed by atoms with Crippen molar-refractivity contribution in [3.63, 3.8) is 0 Å². The molecule has 0 amide bonds. The molecule has 2 heteroatoms. The minimum Gasteiger partial charge on any atom is -0.382 e. The molecule has 0 atom stereocenters. The van der Waals surface area contributed by atoms with Crippen molar-refractivity contribution in [3.05, 3.63) is 65.7 Å². The van der Waals surface area contributed by atoms with Crippen LogP contribution in [0.1, 0.15) is 24.0 Å². The molecule has 0 saturated carbocycles. The molecular formula is C18H22N2. The van der Waals surface area contributed by atoms with Crippen LogP contribution in [0.5, 0.6) is 0 Å². The van der Waals surface area contributed by atoms with E-state index in [9.17, 15) is 0 Å². The number of nitrogens with one attached hydrogen (secondary N) is 2. The summed E-state index contributed by atoms with van der Waals surface area (Å²) in [5, 5.41) is 7.03. The van der Waals surface area contributed by atoms with Crippen molar-refractivity contribution in [1.29, 1.82) is 0 Å². The van der Waals surface area contributed by atoms with Gasteiger partial charge in [0.25, 0.3) is 0 Å². The molecular weight excluding hydrogens is 244 g/mol. The third-order valence-electron chi connectivity index (χ3n) is 3.91. The zero-order valence-electron chi connectivity index (χ0n) is 11.8. The lowest BCUT2D eigenvalue weighted by Crippen LogP contribution is -2.35. The van der Waals surface area contributed by atoms with Crippen LogP contribution in [0.25, 0.3) is 0 Å². The van der Waals surface area contributed by atoms with Crippen LogP contribution in [0.3, 0.4) is 0 Å². The van der Waals surface area contributed by atoms with Crippen molar-refractivity contribution in [2.75, 3.05) is 18.4 Å². The zero-order valence-corrected chi connectivity index (χ0v) is 11.8. The standard InChI is InChI=1S/C18H22N2/c1-2-4-15(5-3-1)14-16-6-8-17(9-7-16)20-18-10-12-19-13-11-18/h1-9,18-20H,10-14H2. The predicted octanol–water partition coefficient (Wildman–Crippen LogP) is 3.44. The number of hydrogen-bond acceptors (Lipinski definition) is 2. The fourth-order valence-electron chi connectivity index (χ4n) is 2.75. The van der Waals surface area contributed by atoms with E-state index in [4.69, 9.17) is 0 Å². The summed E-state index contributed by atoms with van der Waals surface area (Å²) in [5.74, 6) is 0. The second-order valence-corrected chi connectivity index (χ2v) is 5.53. The molecule has 1 aliphatic rings. The molecule has 2 aromatic rings. The van der Waals surface area contributed by atoms with Crippen LogP contribution in [0.15, 0.2) is 54.6 Å². The van der Waals surface area contributed by atoms with Crippen molar-refractivity contribution < 1.29 is 0 Å². The first-order chi connectivity index (χ1) is 9.90. The van der Waals surface area contributed by atoms with Gasteiger partial charge in [-0.2, -0.15) is 0 Å². The molecule has 0 bridgehead atoms. The van der Waals surface area contributed by atoms with Gasteiger partial charge in [0.05, 0.1) is 0 Å². The maximum atomic E-state index is 3.63. The Kier molecular flexibility index (Phi) is 4.34. The first-order valence-corrected chi connectivity index (χ1v) is 7.50. The maximum absolute atomic E-state index is 3.63. The van der Waals surface area contributed by atoms with Gasteiger partial charge in [-0.1, -0.05) is 42.5 Å². The zero-order chi connectivity index (χ0) is 13.6. The molecule has 1 aliphatic heterocycles. The van der Waals surface area contributed by atoms with E-state index >= 15 is 0 Å².